The van der Waals surface area contributed by atoms with Crippen molar-refractivity contribution in [1.29, 1.82) is 5.26 Å². The first kappa shape index (κ1) is 13.5. The van der Waals surface area contributed by atoms with Crippen LogP contribution in [0.15, 0.2) is 24.3 Å². The second kappa shape index (κ2) is 6.30. The molecule has 1 atom stereocenters. The lowest BCUT2D eigenvalue weighted by Gasteiger charge is -2.27. The number of hydrogen-bond acceptors (Lipinski definition) is 3. The zero-order valence-corrected chi connectivity index (χ0v) is 10.5. The van der Waals surface area contributed by atoms with E-state index in [0.717, 1.165) is 0 Å². The largest absolute Gasteiger partial charge is 0.378 e. The van der Waals surface area contributed by atoms with Gasteiger partial charge in [0.05, 0.1) is 25.2 Å². The molecule has 0 saturated carbocycles. The van der Waals surface area contributed by atoms with E-state index in [1.54, 1.807) is 17.0 Å². The Balaban J connectivity index is 2.00. The van der Waals surface area contributed by atoms with Crippen LogP contribution in [0, 0.1) is 17.1 Å². The quantitative estimate of drug-likeness (QED) is 0.832. The van der Waals surface area contributed by atoms with Gasteiger partial charge in [-0.05, 0) is 17.7 Å². The summed E-state index contributed by atoms with van der Waals surface area (Å²) in [7, 11) is 0. The number of carbonyl (C=O) groups excluding carboxylic acids is 1. The zero-order chi connectivity index (χ0) is 13.7. The molecule has 4 nitrogen and oxygen atoms in total. The SMILES string of the molecule is N#CC(CC(=O)N1CCOCC1)c1ccc(F)cc1. The second-order valence-corrected chi connectivity index (χ2v) is 4.43. The topological polar surface area (TPSA) is 53.3 Å². The molecule has 1 amide bonds. The Morgan fingerprint density at radius 2 is 2.00 bits per heavy atom. The van der Waals surface area contributed by atoms with E-state index in [1.807, 2.05) is 0 Å². The van der Waals surface area contributed by atoms with Gasteiger partial charge < -0.3 is 9.64 Å². The minimum atomic E-state index is -0.532. The Bertz CT molecular complexity index is 475. The van der Waals surface area contributed by atoms with Crippen LogP contribution in [0.5, 0.6) is 0 Å². The molecule has 0 spiro atoms. The van der Waals surface area contributed by atoms with Gasteiger partial charge >= 0.3 is 0 Å². The van der Waals surface area contributed by atoms with Crippen molar-refractivity contribution >= 4 is 5.91 Å². The van der Waals surface area contributed by atoms with Gasteiger partial charge in [0, 0.05) is 19.5 Å². The summed E-state index contributed by atoms with van der Waals surface area (Å²) in [5, 5.41) is 9.16. The van der Waals surface area contributed by atoms with Gasteiger partial charge in [0.15, 0.2) is 0 Å². The van der Waals surface area contributed by atoms with Crippen molar-refractivity contribution in [2.75, 3.05) is 26.3 Å². The van der Waals surface area contributed by atoms with Crippen molar-refractivity contribution < 1.29 is 13.9 Å². The van der Waals surface area contributed by atoms with Gasteiger partial charge in [-0.15, -0.1) is 0 Å². The Morgan fingerprint density at radius 1 is 1.37 bits per heavy atom. The number of benzene rings is 1. The molecule has 1 aromatic rings. The van der Waals surface area contributed by atoms with Crippen molar-refractivity contribution in [2.24, 2.45) is 0 Å². The molecule has 0 aliphatic carbocycles. The predicted octanol–water partition coefficient (Wildman–Crippen LogP) is 1.68. The molecule has 1 aliphatic heterocycles. The first-order chi connectivity index (χ1) is 9.20. The number of nitrogens with zero attached hydrogens (tertiary/aromatic N) is 2. The molecular weight excluding hydrogens is 247 g/mol. The molecule has 1 fully saturated rings. The number of hydrogen-bond donors (Lipinski definition) is 0. The van der Waals surface area contributed by atoms with Gasteiger partial charge in [0.1, 0.15) is 5.82 Å². The smallest absolute Gasteiger partial charge is 0.224 e. The van der Waals surface area contributed by atoms with Crippen LogP contribution in [0.4, 0.5) is 4.39 Å². The summed E-state index contributed by atoms with van der Waals surface area (Å²) in [5.74, 6) is -0.935. The van der Waals surface area contributed by atoms with Crippen LogP contribution < -0.4 is 0 Å². The van der Waals surface area contributed by atoms with Crippen LogP contribution in [0.2, 0.25) is 0 Å². The number of ether oxygens (including phenoxy) is 1. The summed E-state index contributed by atoms with van der Waals surface area (Å²) < 4.78 is 18.0. The van der Waals surface area contributed by atoms with E-state index in [4.69, 9.17) is 10.00 Å². The normalized spacial score (nSPS) is 16.7. The first-order valence-corrected chi connectivity index (χ1v) is 6.21. The number of rotatable bonds is 3. The van der Waals surface area contributed by atoms with Gasteiger partial charge in [-0.3, -0.25) is 4.79 Å². The summed E-state index contributed by atoms with van der Waals surface area (Å²) in [6.07, 6.45) is 0.127. The Morgan fingerprint density at radius 3 is 2.58 bits per heavy atom. The maximum absolute atomic E-state index is 12.8. The molecule has 0 bridgehead atoms. The third-order valence-electron chi connectivity index (χ3n) is 3.17. The lowest BCUT2D eigenvalue weighted by molar-refractivity contribution is -0.135. The molecule has 1 saturated heterocycles. The van der Waals surface area contributed by atoms with E-state index in [-0.39, 0.29) is 18.1 Å². The molecule has 0 N–H and O–H groups in total. The van der Waals surface area contributed by atoms with E-state index in [0.29, 0.717) is 31.9 Å². The average Bonchev–Trinajstić information content (AvgIpc) is 2.46. The van der Waals surface area contributed by atoms with Crippen LogP contribution in [0.1, 0.15) is 17.9 Å². The van der Waals surface area contributed by atoms with Gasteiger partial charge in [-0.2, -0.15) is 5.26 Å². The third-order valence-corrected chi connectivity index (χ3v) is 3.17. The standard InChI is InChI=1S/C14H15FN2O2/c15-13-3-1-11(2-4-13)12(10-16)9-14(18)17-5-7-19-8-6-17/h1-4,12H,5-9H2. The van der Waals surface area contributed by atoms with Crippen molar-refractivity contribution in [3.8, 4) is 6.07 Å². The van der Waals surface area contributed by atoms with E-state index < -0.39 is 5.92 Å². The van der Waals surface area contributed by atoms with Crippen molar-refractivity contribution in [2.45, 2.75) is 12.3 Å². The molecule has 2 rings (SSSR count). The Kier molecular flexibility index (Phi) is 4.48. The average molecular weight is 262 g/mol. The fraction of sp³-hybridized carbons (Fsp3) is 0.429. The fourth-order valence-corrected chi connectivity index (χ4v) is 2.05. The number of morpholine rings is 1. The molecule has 1 aromatic carbocycles. The molecule has 19 heavy (non-hydrogen) atoms. The minimum absolute atomic E-state index is 0.0563. The lowest BCUT2D eigenvalue weighted by atomic mass is 9.96. The van der Waals surface area contributed by atoms with Gasteiger partial charge in [-0.1, -0.05) is 12.1 Å². The van der Waals surface area contributed by atoms with Crippen LogP contribution >= 0.6 is 0 Å². The second-order valence-electron chi connectivity index (χ2n) is 4.43. The number of carbonyl (C=O) groups is 1. The summed E-state index contributed by atoms with van der Waals surface area (Å²) in [6.45, 7) is 2.22. The van der Waals surface area contributed by atoms with Crippen LogP contribution in [-0.4, -0.2) is 37.1 Å². The van der Waals surface area contributed by atoms with Crippen LogP contribution in [0.25, 0.3) is 0 Å². The molecule has 0 radical (unpaired) electrons. The van der Waals surface area contributed by atoms with E-state index in [2.05, 4.69) is 6.07 Å². The molecule has 1 heterocycles. The molecule has 0 aromatic heterocycles. The molecular formula is C14H15FN2O2. The van der Waals surface area contributed by atoms with Gasteiger partial charge in [-0.25, -0.2) is 4.39 Å². The monoisotopic (exact) mass is 262 g/mol. The Labute approximate surface area is 111 Å². The van der Waals surface area contributed by atoms with Gasteiger partial charge in [0.25, 0.3) is 0 Å². The van der Waals surface area contributed by atoms with Gasteiger partial charge in [0.2, 0.25) is 5.91 Å². The highest BCUT2D eigenvalue weighted by Gasteiger charge is 2.21. The van der Waals surface area contributed by atoms with Crippen LogP contribution in [0.3, 0.4) is 0 Å². The number of nitriles is 1. The molecule has 1 unspecified atom stereocenters. The predicted molar refractivity (Wildman–Crippen MR) is 66.8 cm³/mol. The zero-order valence-electron chi connectivity index (χ0n) is 10.5. The van der Waals surface area contributed by atoms with Crippen LogP contribution in [-0.2, 0) is 9.53 Å². The van der Waals surface area contributed by atoms with E-state index in [1.165, 1.54) is 12.1 Å². The minimum Gasteiger partial charge on any atom is -0.378 e. The van der Waals surface area contributed by atoms with E-state index >= 15 is 0 Å². The number of amides is 1. The third kappa shape index (κ3) is 3.52. The summed E-state index contributed by atoms with van der Waals surface area (Å²) in [4.78, 5) is 13.8. The maximum atomic E-state index is 12.8. The van der Waals surface area contributed by atoms with Crippen molar-refractivity contribution in [3.63, 3.8) is 0 Å². The summed E-state index contributed by atoms with van der Waals surface area (Å²) in [6, 6.07) is 7.82. The Hall–Kier alpha value is -1.93. The lowest BCUT2D eigenvalue weighted by Crippen LogP contribution is -2.41. The number of halogens is 1. The summed E-state index contributed by atoms with van der Waals surface area (Å²) in [5.41, 5.74) is 0.672. The van der Waals surface area contributed by atoms with E-state index in [9.17, 15) is 9.18 Å². The highest BCUT2D eigenvalue weighted by molar-refractivity contribution is 5.77. The molecule has 5 heteroatoms. The highest BCUT2D eigenvalue weighted by atomic mass is 19.1. The fourth-order valence-electron chi connectivity index (χ4n) is 2.05. The van der Waals surface area contributed by atoms with Crippen molar-refractivity contribution in [3.05, 3.63) is 35.6 Å². The summed E-state index contributed by atoms with van der Waals surface area (Å²) >= 11 is 0. The highest BCUT2D eigenvalue weighted by Crippen LogP contribution is 2.20. The first-order valence-electron chi connectivity index (χ1n) is 6.21. The maximum Gasteiger partial charge on any atom is 0.224 e. The van der Waals surface area contributed by atoms with Crippen molar-refractivity contribution in [1.82, 2.24) is 4.90 Å². The molecule has 100 valence electrons. The molecule has 1 aliphatic rings.